The minimum absolute atomic E-state index is 0.866. The topological polar surface area (TPSA) is 17.8 Å². The molecule has 0 bridgehead atoms. The number of nitrogens with zero attached hydrogens (tertiary/aromatic N) is 2. The highest BCUT2D eigenvalue weighted by molar-refractivity contribution is 7.73. The van der Waals surface area contributed by atoms with Crippen molar-refractivity contribution in [3.63, 3.8) is 0 Å². The summed E-state index contributed by atoms with van der Waals surface area (Å²) in [5.74, 6) is 0.929. The highest BCUT2D eigenvalue weighted by Crippen LogP contribution is 2.17. The lowest BCUT2D eigenvalue weighted by Gasteiger charge is -2.06. The molecule has 15 heavy (non-hydrogen) atoms. The summed E-state index contributed by atoms with van der Waals surface area (Å²) < 4.78 is 2.91. The Bertz CT molecular complexity index is 525. The van der Waals surface area contributed by atoms with E-state index in [1.807, 2.05) is 29.7 Å². The molecule has 0 atom stereocenters. The summed E-state index contributed by atoms with van der Waals surface area (Å²) in [5.41, 5.74) is 2.24. The van der Waals surface area contributed by atoms with Crippen molar-refractivity contribution in [2.45, 2.75) is 20.3 Å². The van der Waals surface area contributed by atoms with Gasteiger partial charge in [-0.3, -0.25) is 4.57 Å². The first-order valence-corrected chi connectivity index (χ1v) is 6.14. The van der Waals surface area contributed by atoms with E-state index < -0.39 is 0 Å². The van der Waals surface area contributed by atoms with Crippen molar-refractivity contribution >= 4 is 23.6 Å². The Hall–Kier alpha value is -1.00. The molecule has 0 saturated heterocycles. The molecule has 0 radical (unpaired) electrons. The number of thiazole rings is 1. The first-order chi connectivity index (χ1) is 7.22. The van der Waals surface area contributed by atoms with Gasteiger partial charge >= 0.3 is 0 Å². The summed E-state index contributed by atoms with van der Waals surface area (Å²) >= 11 is 6.90. The van der Waals surface area contributed by atoms with Gasteiger partial charge in [-0.1, -0.05) is 13.0 Å². The summed E-state index contributed by atoms with van der Waals surface area (Å²) in [6, 6.07) is 6.00. The molecule has 0 aromatic carbocycles. The van der Waals surface area contributed by atoms with Crippen LogP contribution in [0.25, 0.3) is 5.82 Å². The molecule has 0 amide bonds. The quantitative estimate of drug-likeness (QED) is 0.742. The number of pyridine rings is 1. The maximum atomic E-state index is 5.31. The monoisotopic (exact) mass is 236 g/mol. The minimum Gasteiger partial charge on any atom is -0.280 e. The van der Waals surface area contributed by atoms with Gasteiger partial charge in [0.15, 0.2) is 3.95 Å². The third kappa shape index (κ3) is 2.01. The zero-order valence-electron chi connectivity index (χ0n) is 8.73. The van der Waals surface area contributed by atoms with Gasteiger partial charge in [-0.15, -0.1) is 11.3 Å². The molecule has 2 aromatic rings. The van der Waals surface area contributed by atoms with Crippen LogP contribution in [0.3, 0.4) is 0 Å². The van der Waals surface area contributed by atoms with E-state index in [0.717, 1.165) is 21.9 Å². The van der Waals surface area contributed by atoms with Crippen LogP contribution in [0, 0.1) is 10.9 Å². The summed E-state index contributed by atoms with van der Waals surface area (Å²) in [4.78, 5) is 4.49. The molecule has 0 aliphatic heterocycles. The number of hydrogen-bond donors (Lipinski definition) is 0. The second kappa shape index (κ2) is 4.24. The predicted molar refractivity (Wildman–Crippen MR) is 66.4 cm³/mol. The predicted octanol–water partition coefficient (Wildman–Crippen LogP) is 3.53. The van der Waals surface area contributed by atoms with Crippen LogP contribution >= 0.6 is 23.6 Å². The Kier molecular flexibility index (Phi) is 2.98. The van der Waals surface area contributed by atoms with Crippen LogP contribution < -0.4 is 0 Å². The molecule has 0 saturated carbocycles. The fourth-order valence-electron chi connectivity index (χ4n) is 1.48. The lowest BCUT2D eigenvalue weighted by atomic mass is 10.3. The molecule has 4 heteroatoms. The van der Waals surface area contributed by atoms with Gasteiger partial charge in [0, 0.05) is 16.8 Å². The molecule has 0 aliphatic carbocycles. The zero-order valence-corrected chi connectivity index (χ0v) is 10.4. The largest absolute Gasteiger partial charge is 0.280 e. The van der Waals surface area contributed by atoms with Crippen molar-refractivity contribution in [2.75, 3.05) is 0 Å². The maximum Gasteiger partial charge on any atom is 0.167 e. The van der Waals surface area contributed by atoms with E-state index in [2.05, 4.69) is 17.3 Å². The Morgan fingerprint density at radius 3 is 2.93 bits per heavy atom. The number of aromatic nitrogens is 2. The molecule has 0 spiro atoms. The molecule has 2 aromatic heterocycles. The lowest BCUT2D eigenvalue weighted by molar-refractivity contribution is 0.890. The molecule has 0 N–H and O–H groups in total. The normalized spacial score (nSPS) is 10.5. The van der Waals surface area contributed by atoms with Crippen molar-refractivity contribution in [2.24, 2.45) is 0 Å². The summed E-state index contributed by atoms with van der Waals surface area (Å²) in [5, 5.41) is 2.10. The van der Waals surface area contributed by atoms with E-state index in [0.29, 0.717) is 0 Å². The van der Waals surface area contributed by atoms with Gasteiger partial charge in [-0.05, 0) is 37.7 Å². The van der Waals surface area contributed by atoms with E-state index >= 15 is 0 Å². The van der Waals surface area contributed by atoms with Crippen LogP contribution in [0.15, 0.2) is 23.6 Å². The fourth-order valence-corrected chi connectivity index (χ4v) is 2.66. The van der Waals surface area contributed by atoms with Gasteiger partial charge in [-0.25, -0.2) is 4.98 Å². The standard InChI is InChI=1S/C11H12N2S2/c1-3-9-7-15-11(14)13(9)10-6-4-5-8(2)12-10/h4-7H,3H2,1-2H3. The molecule has 0 fully saturated rings. The summed E-state index contributed by atoms with van der Waals surface area (Å²) in [7, 11) is 0. The Balaban J connectivity index is 2.62. The molecular formula is C11H12N2S2. The van der Waals surface area contributed by atoms with Crippen LogP contribution in [-0.2, 0) is 6.42 Å². The fraction of sp³-hybridized carbons (Fsp3) is 0.273. The Morgan fingerprint density at radius 1 is 1.47 bits per heavy atom. The van der Waals surface area contributed by atoms with Crippen LogP contribution in [0.4, 0.5) is 0 Å². The molecule has 2 nitrogen and oxygen atoms in total. The van der Waals surface area contributed by atoms with Crippen LogP contribution in [-0.4, -0.2) is 9.55 Å². The number of aryl methyl sites for hydroxylation is 2. The SMILES string of the molecule is CCc1csc(=S)n1-c1cccc(C)n1. The smallest absolute Gasteiger partial charge is 0.167 e. The van der Waals surface area contributed by atoms with E-state index in [1.165, 1.54) is 5.69 Å². The molecule has 2 rings (SSSR count). The third-order valence-corrected chi connectivity index (χ3v) is 3.48. The van der Waals surface area contributed by atoms with Crippen molar-refractivity contribution in [3.05, 3.63) is 38.9 Å². The maximum absolute atomic E-state index is 5.31. The first kappa shape index (κ1) is 10.5. The highest BCUT2D eigenvalue weighted by Gasteiger charge is 2.05. The second-order valence-electron chi connectivity index (χ2n) is 3.32. The van der Waals surface area contributed by atoms with Gasteiger partial charge in [-0.2, -0.15) is 0 Å². The van der Waals surface area contributed by atoms with Crippen molar-refractivity contribution in [1.82, 2.24) is 9.55 Å². The molecule has 0 unspecified atom stereocenters. The van der Waals surface area contributed by atoms with Crippen molar-refractivity contribution < 1.29 is 0 Å². The van der Waals surface area contributed by atoms with Gasteiger partial charge in [0.05, 0.1) is 0 Å². The van der Waals surface area contributed by atoms with Crippen LogP contribution in [0.1, 0.15) is 18.3 Å². The average molecular weight is 236 g/mol. The van der Waals surface area contributed by atoms with E-state index in [1.54, 1.807) is 11.3 Å². The molecule has 0 aliphatic rings. The highest BCUT2D eigenvalue weighted by atomic mass is 32.1. The second-order valence-corrected chi connectivity index (χ2v) is 4.82. The van der Waals surface area contributed by atoms with E-state index in [-0.39, 0.29) is 0 Å². The van der Waals surface area contributed by atoms with Crippen LogP contribution in [0.2, 0.25) is 0 Å². The van der Waals surface area contributed by atoms with E-state index in [9.17, 15) is 0 Å². The molecule has 78 valence electrons. The Morgan fingerprint density at radius 2 is 2.27 bits per heavy atom. The first-order valence-electron chi connectivity index (χ1n) is 4.86. The summed E-state index contributed by atoms with van der Waals surface area (Å²) in [6.45, 7) is 4.12. The number of rotatable bonds is 2. The molecular weight excluding hydrogens is 224 g/mol. The summed E-state index contributed by atoms with van der Waals surface area (Å²) in [6.07, 6.45) is 0.975. The zero-order chi connectivity index (χ0) is 10.8. The van der Waals surface area contributed by atoms with Crippen LogP contribution in [0.5, 0.6) is 0 Å². The van der Waals surface area contributed by atoms with Crippen molar-refractivity contribution in [3.8, 4) is 5.82 Å². The van der Waals surface area contributed by atoms with Gasteiger partial charge in [0.2, 0.25) is 0 Å². The third-order valence-electron chi connectivity index (χ3n) is 2.23. The van der Waals surface area contributed by atoms with Gasteiger partial charge in [0.25, 0.3) is 0 Å². The van der Waals surface area contributed by atoms with Gasteiger partial charge < -0.3 is 0 Å². The van der Waals surface area contributed by atoms with Gasteiger partial charge in [0.1, 0.15) is 5.82 Å². The Labute approximate surface area is 98.2 Å². The minimum atomic E-state index is 0.866. The lowest BCUT2D eigenvalue weighted by Crippen LogP contribution is -2.01. The van der Waals surface area contributed by atoms with Crippen molar-refractivity contribution in [1.29, 1.82) is 0 Å². The van der Waals surface area contributed by atoms with E-state index in [4.69, 9.17) is 12.2 Å². The molecule has 2 heterocycles. The average Bonchev–Trinajstić information content (AvgIpc) is 2.59. The number of hydrogen-bond acceptors (Lipinski definition) is 3.